The summed E-state index contributed by atoms with van der Waals surface area (Å²) >= 11 is 0. The van der Waals surface area contributed by atoms with E-state index in [1.807, 2.05) is 48.9 Å². The van der Waals surface area contributed by atoms with E-state index in [0.29, 0.717) is 6.54 Å². The monoisotopic (exact) mass is 314 g/mol. The van der Waals surface area contributed by atoms with Crippen LogP contribution >= 0.6 is 0 Å². The van der Waals surface area contributed by atoms with Crippen LogP contribution in [-0.2, 0) is 4.79 Å². The van der Waals surface area contributed by atoms with Crippen LogP contribution in [0, 0.1) is 17.2 Å². The van der Waals surface area contributed by atoms with Crippen molar-refractivity contribution >= 4 is 11.6 Å². The number of nitriles is 1. The van der Waals surface area contributed by atoms with E-state index in [4.69, 9.17) is 5.26 Å². The highest BCUT2D eigenvalue weighted by atomic mass is 16.2. The molecular weight excluding hydrogens is 288 g/mol. The van der Waals surface area contributed by atoms with Crippen molar-refractivity contribution in [2.24, 2.45) is 5.92 Å². The van der Waals surface area contributed by atoms with Crippen LogP contribution in [0.3, 0.4) is 0 Å². The van der Waals surface area contributed by atoms with Gasteiger partial charge in [-0.05, 0) is 33.0 Å². The first kappa shape index (κ1) is 17.3. The molecule has 23 heavy (non-hydrogen) atoms. The van der Waals surface area contributed by atoms with E-state index in [1.54, 1.807) is 0 Å². The number of likely N-dealkylation sites (N-methyl/N-ethyl adjacent to an activating group) is 1. The van der Waals surface area contributed by atoms with Gasteiger partial charge in [0.2, 0.25) is 5.91 Å². The summed E-state index contributed by atoms with van der Waals surface area (Å²) in [5.74, 6) is 0.0931. The first-order valence-corrected chi connectivity index (χ1v) is 8.21. The number of carbonyl (C=O) groups is 1. The maximum absolute atomic E-state index is 12.6. The van der Waals surface area contributed by atoms with Gasteiger partial charge in [0, 0.05) is 38.4 Å². The minimum atomic E-state index is -0.186. The molecule has 5 heteroatoms. The molecule has 0 N–H and O–H groups in total. The third-order valence-corrected chi connectivity index (χ3v) is 4.51. The van der Waals surface area contributed by atoms with Gasteiger partial charge in [0.05, 0.1) is 18.0 Å². The first-order chi connectivity index (χ1) is 11.0. The van der Waals surface area contributed by atoms with Crippen molar-refractivity contribution in [2.45, 2.75) is 19.9 Å². The number of amides is 1. The zero-order valence-corrected chi connectivity index (χ0v) is 14.3. The highest BCUT2D eigenvalue weighted by Crippen LogP contribution is 2.16. The lowest BCUT2D eigenvalue weighted by Crippen LogP contribution is -2.54. The molecule has 0 aromatic heterocycles. The molecule has 124 valence electrons. The van der Waals surface area contributed by atoms with Crippen molar-refractivity contribution in [2.75, 3.05) is 44.7 Å². The maximum atomic E-state index is 12.6. The third-order valence-electron chi connectivity index (χ3n) is 4.51. The fraction of sp³-hybridized carbons (Fsp3) is 0.556. The predicted molar refractivity (Wildman–Crippen MR) is 92.1 cm³/mol. The lowest BCUT2D eigenvalue weighted by Gasteiger charge is -2.38. The number of hydrogen-bond donors (Lipinski definition) is 0. The van der Waals surface area contributed by atoms with E-state index in [1.165, 1.54) is 5.69 Å². The molecule has 0 saturated carbocycles. The number of carbonyl (C=O) groups excluding carboxylic acids is 1. The Kier molecular flexibility index (Phi) is 6.00. The highest BCUT2D eigenvalue weighted by Gasteiger charge is 2.27. The van der Waals surface area contributed by atoms with Crippen LogP contribution in [0.4, 0.5) is 5.69 Å². The molecular formula is C18H26N4O. The van der Waals surface area contributed by atoms with Gasteiger partial charge in [-0.2, -0.15) is 5.26 Å². The lowest BCUT2D eigenvalue weighted by molar-refractivity contribution is -0.136. The fourth-order valence-corrected chi connectivity index (χ4v) is 2.91. The van der Waals surface area contributed by atoms with E-state index < -0.39 is 0 Å². The van der Waals surface area contributed by atoms with Gasteiger partial charge in [-0.25, -0.2) is 0 Å². The Morgan fingerprint density at radius 3 is 2.39 bits per heavy atom. The molecule has 2 rings (SSSR count). The molecule has 1 aliphatic rings. The van der Waals surface area contributed by atoms with Crippen molar-refractivity contribution in [3.8, 4) is 6.07 Å². The minimum Gasteiger partial charge on any atom is -0.368 e. The summed E-state index contributed by atoms with van der Waals surface area (Å²) in [5.41, 5.74) is 1.22. The van der Waals surface area contributed by atoms with E-state index >= 15 is 0 Å². The molecule has 1 amide bonds. The second-order valence-electron chi connectivity index (χ2n) is 6.29. The number of benzene rings is 1. The van der Waals surface area contributed by atoms with Gasteiger partial charge < -0.3 is 9.80 Å². The van der Waals surface area contributed by atoms with Crippen LogP contribution < -0.4 is 4.90 Å². The Hall–Kier alpha value is -2.06. The second kappa shape index (κ2) is 7.98. The zero-order chi connectivity index (χ0) is 16.8. The number of para-hydroxylation sites is 1. The van der Waals surface area contributed by atoms with Gasteiger partial charge in [-0.1, -0.05) is 18.2 Å². The van der Waals surface area contributed by atoms with Gasteiger partial charge >= 0.3 is 0 Å². The molecule has 1 heterocycles. The van der Waals surface area contributed by atoms with Crippen LogP contribution in [0.5, 0.6) is 0 Å². The van der Waals surface area contributed by atoms with Gasteiger partial charge in [0.15, 0.2) is 0 Å². The molecule has 1 aromatic rings. The quantitative estimate of drug-likeness (QED) is 0.832. The van der Waals surface area contributed by atoms with Crippen LogP contribution in [0.1, 0.15) is 13.8 Å². The molecule has 5 nitrogen and oxygen atoms in total. The van der Waals surface area contributed by atoms with Crippen molar-refractivity contribution in [1.29, 1.82) is 5.26 Å². The maximum Gasteiger partial charge on any atom is 0.239 e. The lowest BCUT2D eigenvalue weighted by atomic mass is 10.1. The van der Waals surface area contributed by atoms with Gasteiger partial charge in [0.1, 0.15) is 0 Å². The summed E-state index contributed by atoms with van der Waals surface area (Å²) in [4.78, 5) is 18.9. The predicted octanol–water partition coefficient (Wildman–Crippen LogP) is 1.82. The molecule has 2 unspecified atom stereocenters. The zero-order valence-electron chi connectivity index (χ0n) is 14.3. The van der Waals surface area contributed by atoms with E-state index in [0.717, 1.165) is 26.2 Å². The smallest absolute Gasteiger partial charge is 0.239 e. The largest absolute Gasteiger partial charge is 0.368 e. The van der Waals surface area contributed by atoms with Crippen LogP contribution in [0.25, 0.3) is 0 Å². The third kappa shape index (κ3) is 4.46. The Bertz CT molecular complexity index is 546. The first-order valence-electron chi connectivity index (χ1n) is 8.21. The molecule has 2 atom stereocenters. The normalized spacial score (nSPS) is 17.7. The average molecular weight is 314 g/mol. The fourth-order valence-electron chi connectivity index (χ4n) is 2.91. The molecule has 1 aliphatic heterocycles. The van der Waals surface area contributed by atoms with Crippen molar-refractivity contribution < 1.29 is 4.79 Å². The average Bonchev–Trinajstić information content (AvgIpc) is 2.61. The van der Waals surface area contributed by atoms with Gasteiger partial charge in [-0.3, -0.25) is 9.69 Å². The summed E-state index contributed by atoms with van der Waals surface area (Å²) in [7, 11) is 1.91. The molecule has 1 aromatic carbocycles. The Morgan fingerprint density at radius 1 is 1.22 bits per heavy atom. The van der Waals surface area contributed by atoms with Crippen molar-refractivity contribution in [1.82, 2.24) is 9.80 Å². The van der Waals surface area contributed by atoms with Gasteiger partial charge in [0.25, 0.3) is 0 Å². The number of rotatable bonds is 5. The van der Waals surface area contributed by atoms with E-state index in [9.17, 15) is 4.79 Å². The van der Waals surface area contributed by atoms with E-state index in [2.05, 4.69) is 23.1 Å². The van der Waals surface area contributed by atoms with Crippen molar-refractivity contribution in [3.63, 3.8) is 0 Å². The van der Waals surface area contributed by atoms with E-state index in [-0.39, 0.29) is 17.9 Å². The molecule has 0 aliphatic carbocycles. The summed E-state index contributed by atoms with van der Waals surface area (Å²) in [5, 5.41) is 8.91. The molecule has 0 bridgehead atoms. The SMILES string of the molecule is CC(C#N)CN(C)C(C)C(=O)N1CCN(c2ccccc2)CC1. The molecule has 0 spiro atoms. The number of hydrogen-bond acceptors (Lipinski definition) is 4. The standard InChI is InChI=1S/C18H26N4O/c1-15(13-19)14-20(3)16(2)18(23)22-11-9-21(10-12-22)17-7-5-4-6-8-17/h4-8,15-16H,9-12,14H2,1-3H3. The molecule has 0 radical (unpaired) electrons. The minimum absolute atomic E-state index is 0.0647. The summed E-state index contributed by atoms with van der Waals surface area (Å²) < 4.78 is 0. The number of anilines is 1. The number of nitrogens with zero attached hydrogens (tertiary/aromatic N) is 4. The summed E-state index contributed by atoms with van der Waals surface area (Å²) in [6, 6.07) is 12.4. The molecule has 1 fully saturated rings. The summed E-state index contributed by atoms with van der Waals surface area (Å²) in [6.07, 6.45) is 0. The Morgan fingerprint density at radius 2 is 1.83 bits per heavy atom. The highest BCUT2D eigenvalue weighted by molar-refractivity contribution is 5.81. The summed E-state index contributed by atoms with van der Waals surface area (Å²) in [6.45, 7) is 7.65. The van der Waals surface area contributed by atoms with Crippen LogP contribution in [0.2, 0.25) is 0 Å². The Labute approximate surface area is 139 Å². The van der Waals surface area contributed by atoms with Crippen molar-refractivity contribution in [3.05, 3.63) is 30.3 Å². The topological polar surface area (TPSA) is 50.6 Å². The second-order valence-corrected chi connectivity index (χ2v) is 6.29. The molecule has 1 saturated heterocycles. The number of piperazine rings is 1. The van der Waals surface area contributed by atoms with Crippen LogP contribution in [-0.4, -0.2) is 61.5 Å². The van der Waals surface area contributed by atoms with Gasteiger partial charge in [-0.15, -0.1) is 0 Å². The van der Waals surface area contributed by atoms with Crippen LogP contribution in [0.15, 0.2) is 30.3 Å². The Balaban J connectivity index is 1.87.